The number of aromatic nitrogens is 4. The molecule has 1 N–H and O–H groups in total. The first-order valence-corrected chi connectivity index (χ1v) is 10.8. The topological polar surface area (TPSA) is 134 Å². The third kappa shape index (κ3) is 3.12. The molecule has 0 unspecified atom stereocenters. The van der Waals surface area contributed by atoms with E-state index >= 15 is 0 Å². The summed E-state index contributed by atoms with van der Waals surface area (Å²) in [4.78, 5) is 31.4. The molecule has 0 aromatic carbocycles. The van der Waals surface area contributed by atoms with E-state index in [1.807, 2.05) is 0 Å². The van der Waals surface area contributed by atoms with Gasteiger partial charge >= 0.3 is 0 Å². The van der Waals surface area contributed by atoms with Gasteiger partial charge in [0.1, 0.15) is 10.6 Å². The number of H-pyrrole nitrogens is 1. The number of pyridine rings is 1. The molecule has 1 fully saturated rings. The number of amides is 1. The van der Waals surface area contributed by atoms with Crippen molar-refractivity contribution in [1.82, 2.24) is 29.1 Å². The van der Waals surface area contributed by atoms with Crippen LogP contribution in [0.1, 0.15) is 27.5 Å². The van der Waals surface area contributed by atoms with E-state index in [2.05, 4.69) is 15.2 Å². The maximum Gasteiger partial charge on any atom is 0.274 e. The lowest BCUT2D eigenvalue weighted by atomic mass is 10.1. The standard InChI is InChI=1S/C18H22N6O5S/c1-10-9-13(14-16(19-10)22(4)20-17(14)25)18(26)23-5-7-24(8-6-23)30(27,28)15-11(2)21-29-12(15)3/h9H,5-8H2,1-4H3,(H,20,25). The molecule has 0 atom stereocenters. The average molecular weight is 434 g/mol. The summed E-state index contributed by atoms with van der Waals surface area (Å²) >= 11 is 0. The third-order valence-electron chi connectivity index (χ3n) is 5.26. The molecular weight excluding hydrogens is 412 g/mol. The van der Waals surface area contributed by atoms with Crippen molar-refractivity contribution in [3.05, 3.63) is 39.1 Å². The lowest BCUT2D eigenvalue weighted by Gasteiger charge is -2.34. The van der Waals surface area contributed by atoms with Crippen LogP contribution in [-0.4, -0.2) is 69.6 Å². The van der Waals surface area contributed by atoms with Gasteiger partial charge in [-0.15, -0.1) is 0 Å². The molecule has 30 heavy (non-hydrogen) atoms. The van der Waals surface area contributed by atoms with E-state index < -0.39 is 10.0 Å². The van der Waals surface area contributed by atoms with Crippen molar-refractivity contribution in [3.63, 3.8) is 0 Å². The van der Waals surface area contributed by atoms with Gasteiger partial charge in [-0.2, -0.15) is 4.31 Å². The number of rotatable bonds is 3. The number of nitrogens with zero attached hydrogens (tertiary/aromatic N) is 5. The van der Waals surface area contributed by atoms with Gasteiger partial charge < -0.3 is 9.42 Å². The van der Waals surface area contributed by atoms with E-state index in [9.17, 15) is 18.0 Å². The summed E-state index contributed by atoms with van der Waals surface area (Å²) in [5, 5.41) is 6.58. The SMILES string of the molecule is Cc1cc(C(=O)N2CCN(S(=O)(=O)c3c(C)noc3C)CC2)c2c(=O)[nH]n(C)c2n1. The summed E-state index contributed by atoms with van der Waals surface area (Å²) in [6.07, 6.45) is 0. The number of piperazine rings is 1. The summed E-state index contributed by atoms with van der Waals surface area (Å²) in [5.41, 5.74) is 1.20. The van der Waals surface area contributed by atoms with Crippen LogP contribution in [0, 0.1) is 20.8 Å². The monoisotopic (exact) mass is 434 g/mol. The van der Waals surface area contributed by atoms with Crippen molar-refractivity contribution < 1.29 is 17.7 Å². The van der Waals surface area contributed by atoms with Crippen LogP contribution in [0.5, 0.6) is 0 Å². The second kappa shape index (κ2) is 7.06. The van der Waals surface area contributed by atoms with Crippen LogP contribution in [-0.2, 0) is 17.1 Å². The largest absolute Gasteiger partial charge is 0.360 e. The number of hydrogen-bond donors (Lipinski definition) is 1. The van der Waals surface area contributed by atoms with E-state index in [4.69, 9.17) is 4.52 Å². The zero-order valence-corrected chi connectivity index (χ0v) is 17.9. The highest BCUT2D eigenvalue weighted by Gasteiger charge is 2.35. The van der Waals surface area contributed by atoms with Gasteiger partial charge in [-0.1, -0.05) is 5.16 Å². The Kier molecular flexibility index (Phi) is 4.77. The highest BCUT2D eigenvalue weighted by Crippen LogP contribution is 2.25. The maximum absolute atomic E-state index is 13.2. The predicted octanol–water partition coefficient (Wildman–Crippen LogP) is 0.322. The zero-order chi connectivity index (χ0) is 21.8. The molecule has 1 saturated heterocycles. The molecule has 1 aliphatic heterocycles. The van der Waals surface area contributed by atoms with E-state index in [1.165, 1.54) is 8.99 Å². The van der Waals surface area contributed by atoms with Gasteiger partial charge in [-0.25, -0.2) is 13.4 Å². The van der Waals surface area contributed by atoms with Crippen molar-refractivity contribution in [1.29, 1.82) is 0 Å². The first kappa shape index (κ1) is 20.3. The lowest BCUT2D eigenvalue weighted by Crippen LogP contribution is -2.50. The van der Waals surface area contributed by atoms with Gasteiger partial charge in [0.25, 0.3) is 11.5 Å². The van der Waals surface area contributed by atoms with Gasteiger partial charge in [0.15, 0.2) is 11.4 Å². The van der Waals surface area contributed by atoms with E-state index in [0.717, 1.165) is 0 Å². The van der Waals surface area contributed by atoms with Crippen LogP contribution in [0.25, 0.3) is 11.0 Å². The van der Waals surface area contributed by atoms with Crippen molar-refractivity contribution >= 4 is 27.0 Å². The van der Waals surface area contributed by atoms with Crippen LogP contribution in [0.4, 0.5) is 0 Å². The van der Waals surface area contributed by atoms with Crippen LogP contribution in [0.15, 0.2) is 20.3 Å². The van der Waals surface area contributed by atoms with Gasteiger partial charge in [-0.05, 0) is 26.8 Å². The van der Waals surface area contributed by atoms with E-state index in [-0.39, 0.29) is 59.3 Å². The first-order chi connectivity index (χ1) is 14.1. The molecule has 0 bridgehead atoms. The summed E-state index contributed by atoms with van der Waals surface area (Å²) in [5.74, 6) is -0.0828. The second-order valence-electron chi connectivity index (χ2n) is 7.36. The number of hydrogen-bond acceptors (Lipinski definition) is 7. The van der Waals surface area contributed by atoms with Crippen LogP contribution >= 0.6 is 0 Å². The Balaban J connectivity index is 1.59. The van der Waals surface area contributed by atoms with E-state index in [0.29, 0.717) is 17.0 Å². The second-order valence-corrected chi connectivity index (χ2v) is 9.23. The summed E-state index contributed by atoms with van der Waals surface area (Å²) in [6.45, 7) is 5.57. The molecule has 3 aromatic rings. The summed E-state index contributed by atoms with van der Waals surface area (Å²) in [6, 6.07) is 1.59. The Morgan fingerprint density at radius 3 is 2.43 bits per heavy atom. The van der Waals surface area contributed by atoms with Gasteiger partial charge in [0.05, 0.1) is 10.9 Å². The highest BCUT2D eigenvalue weighted by molar-refractivity contribution is 7.89. The van der Waals surface area contributed by atoms with Crippen molar-refractivity contribution in [2.45, 2.75) is 25.7 Å². The molecule has 1 aliphatic rings. The Morgan fingerprint density at radius 1 is 1.17 bits per heavy atom. The molecule has 12 heteroatoms. The highest BCUT2D eigenvalue weighted by atomic mass is 32.2. The number of aromatic amines is 1. The Labute approximate surface area is 172 Å². The maximum atomic E-state index is 13.2. The molecule has 0 radical (unpaired) electrons. The quantitative estimate of drug-likeness (QED) is 0.627. The third-order valence-corrected chi connectivity index (χ3v) is 7.41. The number of sulfonamides is 1. The molecule has 0 aliphatic carbocycles. The van der Waals surface area contributed by atoms with Crippen LogP contribution in [0.3, 0.4) is 0 Å². The van der Waals surface area contributed by atoms with Crippen molar-refractivity contribution in [2.75, 3.05) is 26.2 Å². The number of nitrogens with one attached hydrogen (secondary N) is 1. The fourth-order valence-corrected chi connectivity index (χ4v) is 5.54. The predicted molar refractivity (Wildman–Crippen MR) is 107 cm³/mol. The lowest BCUT2D eigenvalue weighted by molar-refractivity contribution is 0.0699. The fraction of sp³-hybridized carbons (Fsp3) is 0.444. The average Bonchev–Trinajstić information content (AvgIpc) is 3.19. The minimum Gasteiger partial charge on any atom is -0.360 e. The molecule has 3 aromatic heterocycles. The van der Waals surface area contributed by atoms with Crippen molar-refractivity contribution in [2.24, 2.45) is 7.05 Å². The molecular formula is C18H22N6O5S. The normalized spacial score (nSPS) is 15.8. The number of carbonyl (C=O) groups excluding carboxylic acids is 1. The Hall–Kier alpha value is -2.99. The minimum absolute atomic E-state index is 0.0737. The summed E-state index contributed by atoms with van der Waals surface area (Å²) in [7, 11) is -2.11. The first-order valence-electron chi connectivity index (χ1n) is 9.40. The van der Waals surface area contributed by atoms with Crippen LogP contribution < -0.4 is 5.56 Å². The summed E-state index contributed by atoms with van der Waals surface area (Å²) < 4.78 is 33.7. The van der Waals surface area contributed by atoms with Crippen molar-refractivity contribution in [3.8, 4) is 0 Å². The minimum atomic E-state index is -3.77. The van der Waals surface area contributed by atoms with E-state index in [1.54, 1.807) is 38.8 Å². The molecule has 4 heterocycles. The fourth-order valence-electron chi connectivity index (χ4n) is 3.83. The molecule has 4 rings (SSSR count). The molecule has 11 nitrogen and oxygen atoms in total. The number of aryl methyl sites for hydroxylation is 4. The number of fused-ring (bicyclic) bond motifs is 1. The van der Waals surface area contributed by atoms with Gasteiger partial charge in [0.2, 0.25) is 10.0 Å². The van der Waals surface area contributed by atoms with Crippen LogP contribution in [0.2, 0.25) is 0 Å². The molecule has 0 saturated carbocycles. The molecule has 160 valence electrons. The Bertz CT molecular complexity index is 1290. The number of carbonyl (C=O) groups is 1. The van der Waals surface area contributed by atoms with Gasteiger partial charge in [-0.3, -0.25) is 19.4 Å². The zero-order valence-electron chi connectivity index (χ0n) is 17.1. The Morgan fingerprint density at radius 2 is 1.83 bits per heavy atom. The molecule has 0 spiro atoms. The van der Waals surface area contributed by atoms with Gasteiger partial charge in [0, 0.05) is 38.9 Å². The molecule has 1 amide bonds. The smallest absolute Gasteiger partial charge is 0.274 e.